The first-order valence-corrected chi connectivity index (χ1v) is 10.2. The van der Waals surface area contributed by atoms with E-state index in [4.69, 9.17) is 14.2 Å². The van der Waals surface area contributed by atoms with E-state index in [9.17, 15) is 8.42 Å². The van der Waals surface area contributed by atoms with Gasteiger partial charge in [-0.25, -0.2) is 13.1 Å². The first-order chi connectivity index (χ1) is 13.1. The number of benzene rings is 1. The quantitative estimate of drug-likeness (QED) is 0.790. The third-order valence-corrected chi connectivity index (χ3v) is 6.10. The zero-order valence-corrected chi connectivity index (χ0v) is 15.5. The molecular formula is C18H21N3O5S. The summed E-state index contributed by atoms with van der Waals surface area (Å²) in [5.74, 6) is 0.991. The van der Waals surface area contributed by atoms with Gasteiger partial charge in [-0.15, -0.1) is 0 Å². The molecule has 9 heteroatoms. The highest BCUT2D eigenvalue weighted by molar-refractivity contribution is 7.89. The van der Waals surface area contributed by atoms with Crippen molar-refractivity contribution in [3.63, 3.8) is 0 Å². The molecule has 0 radical (unpaired) electrons. The summed E-state index contributed by atoms with van der Waals surface area (Å²) in [7, 11) is -3.69. The summed E-state index contributed by atoms with van der Waals surface area (Å²) >= 11 is 0. The highest BCUT2D eigenvalue weighted by atomic mass is 32.2. The number of hydrogen-bond donors (Lipinski definition) is 1. The number of nitrogens with one attached hydrogen (secondary N) is 1. The van der Waals surface area contributed by atoms with E-state index < -0.39 is 10.0 Å². The van der Waals surface area contributed by atoms with E-state index in [0.717, 1.165) is 18.7 Å². The minimum atomic E-state index is -3.69. The van der Waals surface area contributed by atoms with Crippen LogP contribution in [0, 0.1) is 0 Å². The maximum Gasteiger partial charge on any atom is 0.240 e. The highest BCUT2D eigenvalue weighted by Crippen LogP contribution is 2.33. The molecule has 1 aromatic carbocycles. The van der Waals surface area contributed by atoms with Gasteiger partial charge >= 0.3 is 0 Å². The molecule has 1 fully saturated rings. The Morgan fingerprint density at radius 2 is 1.96 bits per heavy atom. The molecule has 144 valence electrons. The molecule has 0 bridgehead atoms. The number of ether oxygens (including phenoxy) is 3. The minimum absolute atomic E-state index is 0.104. The lowest BCUT2D eigenvalue weighted by atomic mass is 10.1. The van der Waals surface area contributed by atoms with Gasteiger partial charge in [0.15, 0.2) is 11.5 Å². The first-order valence-electron chi connectivity index (χ1n) is 8.74. The highest BCUT2D eigenvalue weighted by Gasteiger charge is 2.26. The van der Waals surface area contributed by atoms with Gasteiger partial charge in [-0.2, -0.15) is 0 Å². The summed E-state index contributed by atoms with van der Waals surface area (Å²) in [4.78, 5) is 6.54. The molecule has 8 nitrogen and oxygen atoms in total. The molecule has 1 saturated heterocycles. The van der Waals surface area contributed by atoms with E-state index in [1.54, 1.807) is 18.5 Å². The summed E-state index contributed by atoms with van der Waals surface area (Å²) in [6.45, 7) is 3.09. The number of rotatable bonds is 6. The molecule has 1 aromatic heterocycles. The maximum absolute atomic E-state index is 12.8. The SMILES string of the molecule is O=S(=O)(NCC(c1cccnc1)N1CCOCC1)c1ccc2c(c1)OCO2. The van der Waals surface area contributed by atoms with Gasteiger partial charge in [0, 0.05) is 38.1 Å². The molecule has 2 aromatic rings. The Morgan fingerprint density at radius 1 is 1.15 bits per heavy atom. The van der Waals surface area contributed by atoms with Crippen molar-refractivity contribution in [3.8, 4) is 11.5 Å². The van der Waals surface area contributed by atoms with Crippen LogP contribution in [0.3, 0.4) is 0 Å². The predicted molar refractivity (Wildman–Crippen MR) is 97.1 cm³/mol. The Morgan fingerprint density at radius 3 is 2.74 bits per heavy atom. The Labute approximate surface area is 158 Å². The topological polar surface area (TPSA) is 90.0 Å². The van der Waals surface area contributed by atoms with E-state index in [0.29, 0.717) is 24.7 Å². The Balaban J connectivity index is 1.52. The van der Waals surface area contributed by atoms with Crippen LogP contribution in [0.25, 0.3) is 0 Å². The van der Waals surface area contributed by atoms with Crippen molar-refractivity contribution in [1.82, 2.24) is 14.6 Å². The molecular weight excluding hydrogens is 370 g/mol. The third kappa shape index (κ3) is 4.06. The van der Waals surface area contributed by atoms with Crippen LogP contribution < -0.4 is 14.2 Å². The lowest BCUT2D eigenvalue weighted by Crippen LogP contribution is -2.43. The summed E-state index contributed by atoms with van der Waals surface area (Å²) < 4.78 is 44.2. The number of aromatic nitrogens is 1. The van der Waals surface area contributed by atoms with Gasteiger partial charge in [-0.1, -0.05) is 6.07 Å². The van der Waals surface area contributed by atoms with Crippen molar-refractivity contribution in [3.05, 3.63) is 48.3 Å². The molecule has 3 heterocycles. The van der Waals surface area contributed by atoms with Crippen LogP contribution in [-0.2, 0) is 14.8 Å². The van der Waals surface area contributed by atoms with Crippen LogP contribution in [0.15, 0.2) is 47.6 Å². The Kier molecular flexibility index (Phi) is 5.26. The number of hydrogen-bond acceptors (Lipinski definition) is 7. The monoisotopic (exact) mass is 391 g/mol. The molecule has 4 rings (SSSR count). The number of nitrogens with zero attached hydrogens (tertiary/aromatic N) is 2. The van der Waals surface area contributed by atoms with E-state index in [2.05, 4.69) is 14.6 Å². The number of morpholine rings is 1. The summed E-state index contributed by atoms with van der Waals surface area (Å²) in [5.41, 5.74) is 0.966. The smallest absolute Gasteiger partial charge is 0.240 e. The summed E-state index contributed by atoms with van der Waals surface area (Å²) in [6.07, 6.45) is 3.48. The molecule has 2 aliphatic rings. The van der Waals surface area contributed by atoms with Crippen LogP contribution >= 0.6 is 0 Å². The zero-order valence-electron chi connectivity index (χ0n) is 14.7. The van der Waals surface area contributed by atoms with Gasteiger partial charge in [0.2, 0.25) is 16.8 Å². The Bertz CT molecular complexity index is 885. The van der Waals surface area contributed by atoms with Gasteiger partial charge in [0.25, 0.3) is 0 Å². The van der Waals surface area contributed by atoms with Crippen molar-refractivity contribution in [2.75, 3.05) is 39.6 Å². The fraction of sp³-hybridized carbons (Fsp3) is 0.389. The molecule has 27 heavy (non-hydrogen) atoms. The van der Waals surface area contributed by atoms with E-state index in [1.165, 1.54) is 12.1 Å². The van der Waals surface area contributed by atoms with Gasteiger partial charge in [-0.05, 0) is 23.8 Å². The van der Waals surface area contributed by atoms with Crippen LogP contribution in [0.5, 0.6) is 11.5 Å². The second-order valence-electron chi connectivity index (χ2n) is 6.32. The largest absolute Gasteiger partial charge is 0.454 e. The van der Waals surface area contributed by atoms with Crippen LogP contribution in [0.4, 0.5) is 0 Å². The molecule has 0 spiro atoms. The molecule has 0 saturated carbocycles. The lowest BCUT2D eigenvalue weighted by Gasteiger charge is -2.34. The fourth-order valence-electron chi connectivity index (χ4n) is 3.24. The first kappa shape index (κ1) is 18.2. The predicted octanol–water partition coefficient (Wildman–Crippen LogP) is 1.16. The number of pyridine rings is 1. The lowest BCUT2D eigenvalue weighted by molar-refractivity contribution is 0.0171. The van der Waals surface area contributed by atoms with Crippen molar-refractivity contribution in [2.24, 2.45) is 0 Å². The third-order valence-electron chi connectivity index (χ3n) is 4.68. The molecule has 0 aliphatic carbocycles. The van der Waals surface area contributed by atoms with Crippen molar-refractivity contribution in [1.29, 1.82) is 0 Å². The molecule has 2 aliphatic heterocycles. The summed E-state index contributed by atoms with van der Waals surface area (Å²) in [6, 6.07) is 8.31. The second-order valence-corrected chi connectivity index (χ2v) is 8.08. The van der Waals surface area contributed by atoms with Gasteiger partial charge in [0.05, 0.1) is 24.2 Å². The number of fused-ring (bicyclic) bond motifs is 1. The average molecular weight is 391 g/mol. The number of sulfonamides is 1. The van der Waals surface area contributed by atoms with Crippen molar-refractivity contribution < 1.29 is 22.6 Å². The molecule has 1 atom stereocenters. The van der Waals surface area contributed by atoms with Crippen molar-refractivity contribution in [2.45, 2.75) is 10.9 Å². The standard InChI is InChI=1S/C18H21N3O5S/c22-27(23,15-3-4-17-18(10-15)26-13-25-17)20-12-16(14-2-1-5-19-11-14)21-6-8-24-9-7-21/h1-5,10-11,16,20H,6-9,12-13H2. The maximum atomic E-state index is 12.8. The summed E-state index contributed by atoms with van der Waals surface area (Å²) in [5, 5.41) is 0. The van der Waals surface area contributed by atoms with Gasteiger partial charge < -0.3 is 14.2 Å². The van der Waals surface area contributed by atoms with Gasteiger partial charge in [-0.3, -0.25) is 9.88 Å². The normalized spacial score (nSPS) is 18.4. The average Bonchev–Trinajstić information content (AvgIpc) is 3.18. The molecule has 0 amide bonds. The Hall–Kier alpha value is -2.20. The van der Waals surface area contributed by atoms with E-state index in [-0.39, 0.29) is 24.3 Å². The van der Waals surface area contributed by atoms with Gasteiger partial charge in [0.1, 0.15) is 0 Å². The van der Waals surface area contributed by atoms with Crippen LogP contribution in [0.1, 0.15) is 11.6 Å². The van der Waals surface area contributed by atoms with Crippen LogP contribution in [-0.4, -0.2) is 57.9 Å². The molecule has 1 N–H and O–H groups in total. The van der Waals surface area contributed by atoms with Crippen molar-refractivity contribution >= 4 is 10.0 Å². The van der Waals surface area contributed by atoms with E-state index >= 15 is 0 Å². The molecule has 1 unspecified atom stereocenters. The fourth-order valence-corrected chi connectivity index (χ4v) is 4.29. The minimum Gasteiger partial charge on any atom is -0.454 e. The second kappa shape index (κ2) is 7.81. The zero-order chi connectivity index (χ0) is 18.7. The van der Waals surface area contributed by atoms with E-state index in [1.807, 2.05) is 12.1 Å². The van der Waals surface area contributed by atoms with Crippen LogP contribution in [0.2, 0.25) is 0 Å².